The molecule has 0 saturated carbocycles. The third-order valence-corrected chi connectivity index (χ3v) is 4.36. The van der Waals surface area contributed by atoms with Gasteiger partial charge in [-0.15, -0.1) is 0 Å². The number of nitrogens with two attached hydrogens (primary N) is 1. The lowest BCUT2D eigenvalue weighted by Gasteiger charge is -2.19. The van der Waals surface area contributed by atoms with Crippen molar-refractivity contribution >= 4 is 5.97 Å². The van der Waals surface area contributed by atoms with Crippen molar-refractivity contribution in [1.82, 2.24) is 0 Å². The summed E-state index contributed by atoms with van der Waals surface area (Å²) in [5.74, 6) is 0.413. The maximum absolute atomic E-state index is 12.3. The van der Waals surface area contributed by atoms with E-state index in [9.17, 15) is 9.90 Å². The number of carbonyl (C=O) groups excluding carboxylic acids is 1. The minimum atomic E-state index is -0.652. The molecule has 1 aliphatic heterocycles. The summed E-state index contributed by atoms with van der Waals surface area (Å²) in [5.41, 5.74) is 1.62. The molecule has 2 aromatic rings. The largest absolute Gasteiger partial charge is 1.00 e. The summed E-state index contributed by atoms with van der Waals surface area (Å²) in [5, 5.41) is 12.2. The quantitative estimate of drug-likeness (QED) is 0.590. The van der Waals surface area contributed by atoms with Crippen molar-refractivity contribution in [2.75, 3.05) is 13.7 Å². The molecule has 0 aromatic heterocycles. The molecule has 3 rings (SSSR count). The Morgan fingerprint density at radius 1 is 1.16 bits per heavy atom. The zero-order valence-corrected chi connectivity index (χ0v) is 14.7. The van der Waals surface area contributed by atoms with E-state index < -0.39 is 18.2 Å². The summed E-state index contributed by atoms with van der Waals surface area (Å²) >= 11 is 0. The molecular weight excluding hydrogens is 342 g/mol. The normalized spacial score (nSPS) is 22.1. The first-order valence-electron chi connectivity index (χ1n) is 8.07. The van der Waals surface area contributed by atoms with Crippen LogP contribution >= 0.6 is 0 Å². The van der Waals surface area contributed by atoms with Crippen molar-refractivity contribution in [3.63, 3.8) is 0 Å². The molecule has 1 aliphatic rings. The van der Waals surface area contributed by atoms with Gasteiger partial charge in [0.25, 0.3) is 0 Å². The lowest BCUT2D eigenvalue weighted by atomic mass is 10.0. The molecular formula is C19H22ClNO4. The highest BCUT2D eigenvalue weighted by Crippen LogP contribution is 2.17. The Morgan fingerprint density at radius 3 is 2.48 bits per heavy atom. The molecule has 3 atom stereocenters. The van der Waals surface area contributed by atoms with Crippen LogP contribution in [-0.2, 0) is 11.2 Å². The number of methoxy groups -OCH3 is 1. The second-order valence-corrected chi connectivity index (χ2v) is 5.99. The molecule has 25 heavy (non-hydrogen) atoms. The maximum Gasteiger partial charge on any atom is 0.338 e. The fraction of sp³-hybridized carbons (Fsp3) is 0.316. The third kappa shape index (κ3) is 4.72. The minimum Gasteiger partial charge on any atom is -1.00 e. The van der Waals surface area contributed by atoms with Gasteiger partial charge in [-0.1, -0.05) is 30.3 Å². The number of ether oxygens (including phenoxy) is 2. The molecule has 6 heteroatoms. The van der Waals surface area contributed by atoms with Crippen LogP contribution in [0.25, 0.3) is 0 Å². The summed E-state index contributed by atoms with van der Waals surface area (Å²) in [6.07, 6.45) is -0.450. The average Bonchev–Trinajstić information content (AvgIpc) is 2.96. The molecule has 0 radical (unpaired) electrons. The summed E-state index contributed by atoms with van der Waals surface area (Å²) < 4.78 is 10.8. The Bertz CT molecular complexity index is 678. The molecule has 0 bridgehead atoms. The van der Waals surface area contributed by atoms with Gasteiger partial charge in [-0.3, -0.25) is 0 Å². The van der Waals surface area contributed by atoms with Gasteiger partial charge in [-0.05, 0) is 29.8 Å². The van der Waals surface area contributed by atoms with Crippen LogP contribution in [0.3, 0.4) is 0 Å². The number of rotatable bonds is 5. The fourth-order valence-electron chi connectivity index (χ4n) is 3.03. The number of aliphatic hydroxyl groups is 1. The first kappa shape index (κ1) is 19.2. The number of aliphatic hydroxyl groups excluding tert-OH is 1. The number of hydrogen-bond donors (Lipinski definition) is 2. The second kappa shape index (κ2) is 8.85. The van der Waals surface area contributed by atoms with E-state index in [2.05, 4.69) is 0 Å². The summed E-state index contributed by atoms with van der Waals surface area (Å²) in [6, 6.07) is 16.7. The zero-order valence-electron chi connectivity index (χ0n) is 14.0. The third-order valence-electron chi connectivity index (χ3n) is 4.36. The monoisotopic (exact) mass is 363 g/mol. The van der Waals surface area contributed by atoms with E-state index in [0.29, 0.717) is 18.5 Å². The molecule has 1 heterocycles. The lowest BCUT2D eigenvalue weighted by molar-refractivity contribution is -0.674. The van der Waals surface area contributed by atoms with Gasteiger partial charge in [0.2, 0.25) is 0 Å². The number of halogens is 1. The predicted molar refractivity (Wildman–Crippen MR) is 88.9 cm³/mol. The van der Waals surface area contributed by atoms with Crippen molar-refractivity contribution in [3.05, 3.63) is 65.7 Å². The number of esters is 1. The van der Waals surface area contributed by atoms with Crippen LogP contribution in [0.4, 0.5) is 0 Å². The van der Waals surface area contributed by atoms with Crippen LogP contribution in [0.2, 0.25) is 0 Å². The van der Waals surface area contributed by atoms with Gasteiger partial charge in [0, 0.05) is 6.42 Å². The number of benzene rings is 2. The van der Waals surface area contributed by atoms with E-state index in [1.807, 2.05) is 35.6 Å². The first-order chi connectivity index (χ1) is 11.7. The average molecular weight is 364 g/mol. The van der Waals surface area contributed by atoms with Crippen molar-refractivity contribution < 1.29 is 37.1 Å². The standard InChI is InChI=1S/C19H21NO4.ClH/c1-23-15-9-7-13(8-10-15)11-16-18(17(21)12-20-16)24-19(22)14-5-3-2-4-6-14;/h2-10,16-18,20-21H,11-12H2,1H3;1H/t16-,17+,18+;/m1./s1. The molecule has 3 N–H and O–H groups in total. The molecule has 1 fully saturated rings. The van der Waals surface area contributed by atoms with Gasteiger partial charge >= 0.3 is 5.97 Å². The lowest BCUT2D eigenvalue weighted by Crippen LogP contribution is -3.00. The van der Waals surface area contributed by atoms with E-state index in [1.165, 1.54) is 0 Å². The Kier molecular flexibility index (Phi) is 6.82. The molecule has 134 valence electrons. The predicted octanol–water partition coefficient (Wildman–Crippen LogP) is -2.23. The van der Waals surface area contributed by atoms with Gasteiger partial charge in [-0.2, -0.15) is 0 Å². The molecule has 0 amide bonds. The molecule has 2 aromatic carbocycles. The molecule has 0 spiro atoms. The van der Waals surface area contributed by atoms with E-state index in [1.54, 1.807) is 31.4 Å². The first-order valence-corrected chi connectivity index (χ1v) is 8.07. The molecule has 0 aliphatic carbocycles. The fourth-order valence-corrected chi connectivity index (χ4v) is 3.03. The number of carbonyl (C=O) groups is 1. The SMILES string of the molecule is COc1ccc(C[C@H]2[NH2+]C[C@H](O)[C@H]2OC(=O)c2ccccc2)cc1.[Cl-]. The number of hydrogen-bond acceptors (Lipinski definition) is 4. The van der Waals surface area contributed by atoms with Crippen molar-refractivity contribution in [3.8, 4) is 5.75 Å². The van der Waals surface area contributed by atoms with Crippen LogP contribution in [0, 0.1) is 0 Å². The Balaban J connectivity index is 0.00000225. The van der Waals surface area contributed by atoms with Crippen molar-refractivity contribution in [2.24, 2.45) is 0 Å². The Hall–Kier alpha value is -2.08. The summed E-state index contributed by atoms with van der Waals surface area (Å²) in [7, 11) is 1.63. The van der Waals surface area contributed by atoms with E-state index in [-0.39, 0.29) is 18.4 Å². The van der Waals surface area contributed by atoms with E-state index in [4.69, 9.17) is 9.47 Å². The smallest absolute Gasteiger partial charge is 0.338 e. The molecule has 0 unspecified atom stereocenters. The van der Waals surface area contributed by atoms with Crippen LogP contribution in [0.15, 0.2) is 54.6 Å². The van der Waals surface area contributed by atoms with Crippen molar-refractivity contribution in [1.29, 1.82) is 0 Å². The van der Waals surface area contributed by atoms with Crippen molar-refractivity contribution in [2.45, 2.75) is 24.7 Å². The van der Waals surface area contributed by atoms with Gasteiger partial charge in [0.1, 0.15) is 24.4 Å². The second-order valence-electron chi connectivity index (χ2n) is 5.99. The zero-order chi connectivity index (χ0) is 16.9. The highest BCUT2D eigenvalue weighted by Gasteiger charge is 2.41. The topological polar surface area (TPSA) is 72.4 Å². The van der Waals surface area contributed by atoms with Crippen LogP contribution in [-0.4, -0.2) is 43.0 Å². The maximum atomic E-state index is 12.3. The Morgan fingerprint density at radius 2 is 1.84 bits per heavy atom. The van der Waals surface area contributed by atoms with Crippen LogP contribution in [0.5, 0.6) is 5.75 Å². The molecule has 5 nitrogen and oxygen atoms in total. The highest BCUT2D eigenvalue weighted by molar-refractivity contribution is 5.89. The van der Waals surface area contributed by atoms with Gasteiger partial charge < -0.3 is 32.3 Å². The van der Waals surface area contributed by atoms with Gasteiger partial charge in [0.05, 0.1) is 12.7 Å². The van der Waals surface area contributed by atoms with Crippen LogP contribution < -0.4 is 22.5 Å². The van der Waals surface area contributed by atoms with Gasteiger partial charge in [0.15, 0.2) is 6.10 Å². The Labute approximate surface area is 153 Å². The summed E-state index contributed by atoms with van der Waals surface area (Å²) in [6.45, 7) is 0.535. The van der Waals surface area contributed by atoms with E-state index in [0.717, 1.165) is 11.3 Å². The minimum absolute atomic E-state index is 0. The molecule has 1 saturated heterocycles. The number of quaternary nitrogens is 1. The van der Waals surface area contributed by atoms with Gasteiger partial charge in [-0.25, -0.2) is 4.79 Å². The highest BCUT2D eigenvalue weighted by atomic mass is 35.5. The van der Waals surface area contributed by atoms with Crippen LogP contribution in [0.1, 0.15) is 15.9 Å². The van der Waals surface area contributed by atoms with E-state index >= 15 is 0 Å². The summed E-state index contributed by atoms with van der Waals surface area (Å²) in [4.78, 5) is 12.3.